The SMILES string of the molecule is O=C(NCC1CC1)C1(n2cccn2)CCN(Cc2ccccc2Cl)CC1. The number of amides is 1. The van der Waals surface area contributed by atoms with Crippen LogP contribution in [-0.2, 0) is 16.9 Å². The first-order chi connectivity index (χ1) is 12.7. The van der Waals surface area contributed by atoms with E-state index in [1.54, 1.807) is 6.20 Å². The van der Waals surface area contributed by atoms with E-state index in [-0.39, 0.29) is 5.91 Å². The van der Waals surface area contributed by atoms with Crippen LogP contribution in [-0.4, -0.2) is 40.2 Å². The fraction of sp³-hybridized carbons (Fsp3) is 0.500. The van der Waals surface area contributed by atoms with Crippen LogP contribution in [0.1, 0.15) is 31.2 Å². The Morgan fingerprint density at radius 3 is 2.65 bits per heavy atom. The molecule has 1 N–H and O–H groups in total. The van der Waals surface area contributed by atoms with Crippen LogP contribution in [0.3, 0.4) is 0 Å². The molecule has 138 valence electrons. The van der Waals surface area contributed by atoms with E-state index in [4.69, 9.17) is 11.6 Å². The summed E-state index contributed by atoms with van der Waals surface area (Å²) < 4.78 is 1.86. The van der Waals surface area contributed by atoms with Crippen LogP contribution in [0.15, 0.2) is 42.7 Å². The number of halogens is 1. The van der Waals surface area contributed by atoms with Gasteiger partial charge in [0.15, 0.2) is 0 Å². The molecule has 1 saturated carbocycles. The number of aromatic nitrogens is 2. The molecule has 4 rings (SSSR count). The number of piperidine rings is 1. The first-order valence-electron chi connectivity index (χ1n) is 9.41. The summed E-state index contributed by atoms with van der Waals surface area (Å²) in [6, 6.07) is 9.87. The lowest BCUT2D eigenvalue weighted by Gasteiger charge is -2.40. The molecule has 1 aliphatic heterocycles. The lowest BCUT2D eigenvalue weighted by molar-refractivity contribution is -0.133. The lowest BCUT2D eigenvalue weighted by Crippen LogP contribution is -2.55. The molecule has 5 nitrogen and oxygen atoms in total. The molecular weight excluding hydrogens is 348 g/mol. The zero-order valence-electron chi connectivity index (χ0n) is 14.9. The Balaban J connectivity index is 1.45. The highest BCUT2D eigenvalue weighted by Gasteiger charge is 2.44. The van der Waals surface area contributed by atoms with Gasteiger partial charge in [0.1, 0.15) is 5.54 Å². The molecule has 0 radical (unpaired) electrons. The van der Waals surface area contributed by atoms with Gasteiger partial charge in [0.05, 0.1) is 0 Å². The largest absolute Gasteiger partial charge is 0.354 e. The average Bonchev–Trinajstić information content (AvgIpc) is 3.33. The van der Waals surface area contributed by atoms with E-state index in [0.29, 0.717) is 5.92 Å². The van der Waals surface area contributed by atoms with Gasteiger partial charge in [0, 0.05) is 43.6 Å². The van der Waals surface area contributed by atoms with Crippen molar-refractivity contribution in [3.63, 3.8) is 0 Å². The van der Waals surface area contributed by atoms with Crippen molar-refractivity contribution >= 4 is 17.5 Å². The standard InChI is InChI=1S/C20H25ClN4O/c21-18-5-2-1-4-17(18)15-24-12-8-20(9-13-24,25-11-3-10-23-25)19(26)22-14-16-6-7-16/h1-5,10-11,16H,6-9,12-15H2,(H,22,26). The van der Waals surface area contributed by atoms with Crippen LogP contribution >= 0.6 is 11.6 Å². The zero-order chi connectivity index (χ0) is 18.0. The van der Waals surface area contributed by atoms with Crippen LogP contribution in [0, 0.1) is 5.92 Å². The van der Waals surface area contributed by atoms with E-state index in [0.717, 1.165) is 49.6 Å². The maximum absolute atomic E-state index is 13.1. The van der Waals surface area contributed by atoms with Gasteiger partial charge in [0.25, 0.3) is 0 Å². The number of hydrogen-bond donors (Lipinski definition) is 1. The number of likely N-dealkylation sites (tertiary alicyclic amines) is 1. The summed E-state index contributed by atoms with van der Waals surface area (Å²) in [6.45, 7) is 3.31. The number of hydrogen-bond acceptors (Lipinski definition) is 3. The molecule has 1 saturated heterocycles. The van der Waals surface area contributed by atoms with Crippen molar-refractivity contribution in [3.8, 4) is 0 Å². The monoisotopic (exact) mass is 372 g/mol. The molecule has 2 fully saturated rings. The van der Waals surface area contributed by atoms with Crippen LogP contribution in [0.5, 0.6) is 0 Å². The highest BCUT2D eigenvalue weighted by molar-refractivity contribution is 6.31. The third-order valence-electron chi connectivity index (χ3n) is 5.65. The molecule has 2 aliphatic rings. The Morgan fingerprint density at radius 1 is 1.23 bits per heavy atom. The summed E-state index contributed by atoms with van der Waals surface area (Å²) in [5.74, 6) is 0.791. The van der Waals surface area contributed by atoms with Crippen LogP contribution in [0.25, 0.3) is 0 Å². The van der Waals surface area contributed by atoms with Crippen molar-refractivity contribution in [2.24, 2.45) is 5.92 Å². The number of benzene rings is 1. The summed E-state index contributed by atoms with van der Waals surface area (Å²) in [6.07, 6.45) is 7.67. The van der Waals surface area contributed by atoms with Gasteiger partial charge >= 0.3 is 0 Å². The van der Waals surface area contributed by atoms with Crippen molar-refractivity contribution in [2.45, 2.75) is 37.8 Å². The van der Waals surface area contributed by atoms with Crippen LogP contribution < -0.4 is 5.32 Å². The lowest BCUT2D eigenvalue weighted by atomic mass is 9.86. The molecule has 6 heteroatoms. The topological polar surface area (TPSA) is 50.2 Å². The average molecular weight is 373 g/mol. The van der Waals surface area contributed by atoms with Crippen molar-refractivity contribution in [1.82, 2.24) is 20.0 Å². The molecule has 2 aromatic rings. The summed E-state index contributed by atoms with van der Waals surface area (Å²) >= 11 is 6.30. The maximum Gasteiger partial charge on any atom is 0.248 e. The Kier molecular flexibility index (Phi) is 5.00. The number of nitrogens with one attached hydrogen (secondary N) is 1. The van der Waals surface area contributed by atoms with Crippen molar-refractivity contribution < 1.29 is 4.79 Å². The Hall–Kier alpha value is -1.85. The van der Waals surface area contributed by atoms with E-state index in [1.807, 2.05) is 35.1 Å². The molecule has 0 atom stereocenters. The molecule has 0 unspecified atom stereocenters. The van der Waals surface area contributed by atoms with Gasteiger partial charge in [-0.3, -0.25) is 14.4 Å². The third kappa shape index (κ3) is 3.64. The summed E-state index contributed by atoms with van der Waals surface area (Å²) in [5.41, 5.74) is 0.564. The molecule has 1 aromatic heterocycles. The van der Waals surface area contributed by atoms with Gasteiger partial charge in [-0.1, -0.05) is 29.8 Å². The highest BCUT2D eigenvalue weighted by Crippen LogP contribution is 2.32. The van der Waals surface area contributed by atoms with Crippen LogP contribution in [0.4, 0.5) is 0 Å². The molecule has 0 bridgehead atoms. The van der Waals surface area contributed by atoms with Gasteiger partial charge in [0.2, 0.25) is 5.91 Å². The Bertz CT molecular complexity index is 749. The molecule has 1 aromatic carbocycles. The second kappa shape index (κ2) is 7.41. The third-order valence-corrected chi connectivity index (χ3v) is 6.02. The molecular formula is C20H25ClN4O. The predicted molar refractivity (Wildman–Crippen MR) is 102 cm³/mol. The second-order valence-corrected chi connectivity index (χ2v) is 7.91. The molecule has 0 spiro atoms. The minimum atomic E-state index is -0.574. The van der Waals surface area contributed by atoms with Gasteiger partial charge < -0.3 is 5.32 Å². The predicted octanol–water partition coefficient (Wildman–Crippen LogP) is 3.05. The van der Waals surface area contributed by atoms with Crippen molar-refractivity contribution in [2.75, 3.05) is 19.6 Å². The smallest absolute Gasteiger partial charge is 0.248 e. The van der Waals surface area contributed by atoms with Crippen LogP contribution in [0.2, 0.25) is 5.02 Å². The van der Waals surface area contributed by atoms with Gasteiger partial charge in [-0.05, 0) is 49.3 Å². The molecule has 26 heavy (non-hydrogen) atoms. The van der Waals surface area contributed by atoms with Crippen molar-refractivity contribution in [3.05, 3.63) is 53.3 Å². The van der Waals surface area contributed by atoms with Gasteiger partial charge in [-0.2, -0.15) is 5.10 Å². The van der Waals surface area contributed by atoms with Gasteiger partial charge in [-0.15, -0.1) is 0 Å². The van der Waals surface area contributed by atoms with E-state index >= 15 is 0 Å². The maximum atomic E-state index is 13.1. The summed E-state index contributed by atoms with van der Waals surface area (Å²) in [5, 5.41) is 8.40. The fourth-order valence-electron chi connectivity index (χ4n) is 3.75. The second-order valence-electron chi connectivity index (χ2n) is 7.50. The van der Waals surface area contributed by atoms with Crippen molar-refractivity contribution in [1.29, 1.82) is 0 Å². The Morgan fingerprint density at radius 2 is 2.00 bits per heavy atom. The highest BCUT2D eigenvalue weighted by atomic mass is 35.5. The normalized spacial score (nSPS) is 20.0. The zero-order valence-corrected chi connectivity index (χ0v) is 15.7. The fourth-order valence-corrected chi connectivity index (χ4v) is 3.95. The van der Waals surface area contributed by atoms with E-state index in [1.165, 1.54) is 12.8 Å². The first kappa shape index (κ1) is 17.6. The number of carbonyl (C=O) groups excluding carboxylic acids is 1. The van der Waals surface area contributed by atoms with E-state index in [2.05, 4.69) is 21.4 Å². The first-order valence-corrected chi connectivity index (χ1v) is 9.79. The van der Waals surface area contributed by atoms with E-state index in [9.17, 15) is 4.79 Å². The number of carbonyl (C=O) groups is 1. The molecule has 1 amide bonds. The molecule has 1 aliphatic carbocycles. The van der Waals surface area contributed by atoms with Gasteiger partial charge in [-0.25, -0.2) is 0 Å². The van der Waals surface area contributed by atoms with E-state index < -0.39 is 5.54 Å². The number of rotatable bonds is 6. The summed E-state index contributed by atoms with van der Waals surface area (Å²) in [4.78, 5) is 15.4. The quantitative estimate of drug-likeness (QED) is 0.847. The Labute approximate surface area is 159 Å². The molecule has 2 heterocycles. The minimum Gasteiger partial charge on any atom is -0.354 e. The number of nitrogens with zero attached hydrogens (tertiary/aromatic N) is 3. The summed E-state index contributed by atoms with van der Waals surface area (Å²) in [7, 11) is 0. The minimum absolute atomic E-state index is 0.116.